The minimum absolute atomic E-state index is 0.0273. The van der Waals surface area contributed by atoms with Gasteiger partial charge in [-0.05, 0) is 56.4 Å². The molecule has 0 saturated carbocycles. The Morgan fingerprint density at radius 2 is 1.91 bits per heavy atom. The summed E-state index contributed by atoms with van der Waals surface area (Å²) in [5, 5.41) is 6.33. The summed E-state index contributed by atoms with van der Waals surface area (Å²) in [7, 11) is 0. The fourth-order valence-electron chi connectivity index (χ4n) is 1.91. The van der Waals surface area contributed by atoms with Gasteiger partial charge >= 0.3 is 0 Å². The first kappa shape index (κ1) is 17.2. The number of hydrogen-bond acceptors (Lipinski definition) is 3. The summed E-state index contributed by atoms with van der Waals surface area (Å²) in [6.07, 6.45) is -0.0273. The minimum Gasteiger partial charge on any atom is -0.490 e. The van der Waals surface area contributed by atoms with Crippen molar-refractivity contribution >= 4 is 40.5 Å². The number of rotatable bonds is 4. The summed E-state index contributed by atoms with van der Waals surface area (Å²) in [6.45, 7) is 3.81. The Balaban J connectivity index is 2.05. The molecule has 0 atom stereocenters. The van der Waals surface area contributed by atoms with E-state index >= 15 is 0 Å². The van der Waals surface area contributed by atoms with Crippen molar-refractivity contribution in [3.8, 4) is 5.75 Å². The third kappa shape index (κ3) is 5.23. The van der Waals surface area contributed by atoms with E-state index < -0.39 is 0 Å². The predicted molar refractivity (Wildman–Crippen MR) is 97.3 cm³/mol. The average molecular weight is 349 g/mol. The Bertz CT molecular complexity index is 719. The van der Waals surface area contributed by atoms with Crippen LogP contribution >= 0.6 is 23.8 Å². The number of thiocarbonyl (C=S) groups is 1. The van der Waals surface area contributed by atoms with Crippen molar-refractivity contribution in [2.75, 3.05) is 5.32 Å². The maximum absolute atomic E-state index is 12.4. The Kier molecular flexibility index (Phi) is 5.96. The molecule has 0 bridgehead atoms. The molecule has 6 heteroatoms. The van der Waals surface area contributed by atoms with Crippen LogP contribution in [-0.2, 0) is 0 Å². The van der Waals surface area contributed by atoms with Crippen LogP contribution in [0.1, 0.15) is 24.2 Å². The van der Waals surface area contributed by atoms with Crippen molar-refractivity contribution in [2.45, 2.75) is 20.0 Å². The van der Waals surface area contributed by atoms with Crippen molar-refractivity contribution in [3.63, 3.8) is 0 Å². The molecule has 0 radical (unpaired) electrons. The van der Waals surface area contributed by atoms with Crippen LogP contribution in [0.25, 0.3) is 0 Å². The van der Waals surface area contributed by atoms with Gasteiger partial charge in [-0.1, -0.05) is 29.8 Å². The number of hydrogen-bond donors (Lipinski definition) is 2. The highest BCUT2D eigenvalue weighted by molar-refractivity contribution is 7.80. The van der Waals surface area contributed by atoms with E-state index in [2.05, 4.69) is 10.6 Å². The van der Waals surface area contributed by atoms with E-state index in [0.717, 1.165) is 0 Å². The molecule has 0 aromatic heterocycles. The van der Waals surface area contributed by atoms with Gasteiger partial charge in [-0.15, -0.1) is 0 Å². The Hall–Kier alpha value is -2.11. The lowest BCUT2D eigenvalue weighted by atomic mass is 10.2. The normalized spacial score (nSPS) is 10.3. The number of anilines is 1. The second kappa shape index (κ2) is 7.94. The third-order valence-corrected chi connectivity index (χ3v) is 3.24. The summed E-state index contributed by atoms with van der Waals surface area (Å²) in [6, 6.07) is 14.1. The summed E-state index contributed by atoms with van der Waals surface area (Å²) >= 11 is 11.1. The molecule has 2 aromatic carbocycles. The molecular formula is C17H17ClN2O2S. The number of nitrogens with one attached hydrogen (secondary N) is 2. The Morgan fingerprint density at radius 3 is 2.61 bits per heavy atom. The predicted octanol–water partition coefficient (Wildman–Crippen LogP) is 4.25. The number of halogens is 1. The van der Waals surface area contributed by atoms with Gasteiger partial charge in [0.15, 0.2) is 5.11 Å². The van der Waals surface area contributed by atoms with E-state index in [9.17, 15) is 4.79 Å². The van der Waals surface area contributed by atoms with Gasteiger partial charge in [0.25, 0.3) is 5.91 Å². The van der Waals surface area contributed by atoms with E-state index in [1.165, 1.54) is 0 Å². The zero-order valence-electron chi connectivity index (χ0n) is 12.8. The van der Waals surface area contributed by atoms with E-state index in [-0.39, 0.29) is 17.1 Å². The summed E-state index contributed by atoms with van der Waals surface area (Å²) in [5.74, 6) is 0.186. The van der Waals surface area contributed by atoms with E-state index in [4.69, 9.17) is 28.6 Å². The van der Waals surface area contributed by atoms with Crippen LogP contribution in [-0.4, -0.2) is 17.1 Å². The molecule has 0 aliphatic carbocycles. The van der Waals surface area contributed by atoms with Gasteiger partial charge in [0.1, 0.15) is 5.75 Å². The van der Waals surface area contributed by atoms with Gasteiger partial charge in [-0.3, -0.25) is 10.1 Å². The van der Waals surface area contributed by atoms with Crippen molar-refractivity contribution in [1.29, 1.82) is 0 Å². The summed E-state index contributed by atoms with van der Waals surface area (Å²) in [5.41, 5.74) is 1.13. The van der Waals surface area contributed by atoms with Crippen molar-refractivity contribution < 1.29 is 9.53 Å². The maximum Gasteiger partial charge on any atom is 0.261 e. The van der Waals surface area contributed by atoms with Crippen LogP contribution < -0.4 is 15.4 Å². The number of para-hydroxylation sites is 1. The highest BCUT2D eigenvalue weighted by atomic mass is 35.5. The molecule has 120 valence electrons. The largest absolute Gasteiger partial charge is 0.490 e. The number of amides is 1. The molecule has 0 aliphatic heterocycles. The van der Waals surface area contributed by atoms with Crippen LogP contribution in [0.2, 0.25) is 5.02 Å². The second-order valence-electron chi connectivity index (χ2n) is 5.08. The SMILES string of the molecule is CC(C)Oc1ccccc1C(=O)NC(=S)Nc1cccc(Cl)c1. The van der Waals surface area contributed by atoms with Crippen LogP contribution in [0.3, 0.4) is 0 Å². The zero-order chi connectivity index (χ0) is 16.8. The molecule has 2 aromatic rings. The van der Waals surface area contributed by atoms with Gasteiger partial charge < -0.3 is 10.1 Å². The minimum atomic E-state index is -0.333. The first-order valence-electron chi connectivity index (χ1n) is 7.09. The number of ether oxygens (including phenoxy) is 1. The third-order valence-electron chi connectivity index (χ3n) is 2.80. The van der Waals surface area contributed by atoms with Crippen molar-refractivity contribution in [3.05, 3.63) is 59.1 Å². The fraction of sp³-hybridized carbons (Fsp3) is 0.176. The molecule has 0 saturated heterocycles. The van der Waals surface area contributed by atoms with Gasteiger partial charge in [0.2, 0.25) is 0 Å². The number of carbonyl (C=O) groups is 1. The van der Waals surface area contributed by atoms with Crippen molar-refractivity contribution in [2.24, 2.45) is 0 Å². The Morgan fingerprint density at radius 1 is 1.17 bits per heavy atom. The van der Waals surface area contributed by atoms with Gasteiger partial charge in [-0.25, -0.2) is 0 Å². The second-order valence-corrected chi connectivity index (χ2v) is 5.93. The van der Waals surface area contributed by atoms with Crippen molar-refractivity contribution in [1.82, 2.24) is 5.32 Å². The molecular weight excluding hydrogens is 332 g/mol. The molecule has 2 N–H and O–H groups in total. The molecule has 0 heterocycles. The van der Waals surface area contributed by atoms with Crippen LogP contribution in [0.4, 0.5) is 5.69 Å². The van der Waals surface area contributed by atoms with Gasteiger partial charge in [0, 0.05) is 10.7 Å². The lowest BCUT2D eigenvalue weighted by molar-refractivity contribution is 0.0972. The number of benzene rings is 2. The molecule has 23 heavy (non-hydrogen) atoms. The van der Waals surface area contributed by atoms with E-state index in [1.807, 2.05) is 19.9 Å². The lowest BCUT2D eigenvalue weighted by Crippen LogP contribution is -2.34. The Labute approximate surface area is 145 Å². The molecule has 0 aliphatic rings. The molecule has 1 amide bonds. The lowest BCUT2D eigenvalue weighted by Gasteiger charge is -2.14. The molecule has 0 unspecified atom stereocenters. The first-order valence-corrected chi connectivity index (χ1v) is 7.88. The summed E-state index contributed by atoms with van der Waals surface area (Å²) < 4.78 is 5.64. The topological polar surface area (TPSA) is 50.4 Å². The van der Waals surface area contributed by atoms with Crippen LogP contribution in [0.15, 0.2) is 48.5 Å². The van der Waals surface area contributed by atoms with Gasteiger partial charge in [-0.2, -0.15) is 0 Å². The molecule has 0 fully saturated rings. The smallest absolute Gasteiger partial charge is 0.261 e. The van der Waals surface area contributed by atoms with Crippen LogP contribution in [0, 0.1) is 0 Å². The van der Waals surface area contributed by atoms with Gasteiger partial charge in [0.05, 0.1) is 11.7 Å². The highest BCUT2D eigenvalue weighted by Gasteiger charge is 2.14. The molecule has 2 rings (SSSR count). The van der Waals surface area contributed by atoms with Crippen LogP contribution in [0.5, 0.6) is 5.75 Å². The molecule has 4 nitrogen and oxygen atoms in total. The standard InChI is InChI=1S/C17H17ClN2O2S/c1-11(2)22-15-9-4-3-8-14(15)16(21)20-17(23)19-13-7-5-6-12(18)10-13/h3-11H,1-2H3,(H2,19,20,21,23). The monoisotopic (exact) mass is 348 g/mol. The zero-order valence-corrected chi connectivity index (χ0v) is 14.4. The highest BCUT2D eigenvalue weighted by Crippen LogP contribution is 2.19. The van der Waals surface area contributed by atoms with E-state index in [0.29, 0.717) is 22.0 Å². The maximum atomic E-state index is 12.4. The average Bonchev–Trinajstić information content (AvgIpc) is 2.46. The first-order chi connectivity index (χ1) is 11.0. The quantitative estimate of drug-likeness (QED) is 0.811. The number of carbonyl (C=O) groups excluding carboxylic acids is 1. The molecule has 0 spiro atoms. The van der Waals surface area contributed by atoms with E-state index in [1.54, 1.807) is 42.5 Å². The summed E-state index contributed by atoms with van der Waals surface area (Å²) in [4.78, 5) is 12.4. The fourth-order valence-corrected chi connectivity index (χ4v) is 2.31.